The summed E-state index contributed by atoms with van der Waals surface area (Å²) < 4.78 is 0. The van der Waals surface area contributed by atoms with Crippen LogP contribution in [0.25, 0.3) is 0 Å². The molecule has 0 aromatic heterocycles. The van der Waals surface area contributed by atoms with E-state index in [0.29, 0.717) is 0 Å². The molecule has 0 saturated heterocycles. The molecule has 1 heterocycles. The van der Waals surface area contributed by atoms with Crippen molar-refractivity contribution in [3.63, 3.8) is 0 Å². The molecule has 1 aromatic carbocycles. The molecule has 0 spiro atoms. The number of hydrogen-bond acceptors (Lipinski definition) is 2. The first-order valence-corrected chi connectivity index (χ1v) is 5.76. The lowest BCUT2D eigenvalue weighted by atomic mass is 10.2. The van der Waals surface area contributed by atoms with Gasteiger partial charge in [0.15, 0.2) is 0 Å². The minimum absolute atomic E-state index is 0.111. The van der Waals surface area contributed by atoms with Crippen LogP contribution in [0.3, 0.4) is 0 Å². The molecular weight excluding hydrogens is 206 g/mol. The second-order valence-corrected chi connectivity index (χ2v) is 4.74. The first-order valence-electron chi connectivity index (χ1n) is 4.94. The summed E-state index contributed by atoms with van der Waals surface area (Å²) in [6.45, 7) is 0.824. The Kier molecular flexibility index (Phi) is 3.11. The third-order valence-electron chi connectivity index (χ3n) is 2.35. The van der Waals surface area contributed by atoms with Gasteiger partial charge in [-0.3, -0.25) is 4.79 Å². The van der Waals surface area contributed by atoms with E-state index in [2.05, 4.69) is 12.1 Å². The van der Waals surface area contributed by atoms with Gasteiger partial charge in [0.2, 0.25) is 5.91 Å². The second-order valence-electron chi connectivity index (χ2n) is 3.54. The molecule has 0 bridgehead atoms. The Labute approximate surface area is 94.0 Å². The van der Waals surface area contributed by atoms with Gasteiger partial charge in [-0.05, 0) is 23.5 Å². The molecule has 0 radical (unpaired) electrons. The lowest BCUT2D eigenvalue weighted by molar-refractivity contribution is -0.125. The highest BCUT2D eigenvalue weighted by molar-refractivity contribution is 8.03. The zero-order valence-corrected chi connectivity index (χ0v) is 9.46. The molecule has 1 aliphatic rings. The number of amides is 1. The van der Waals surface area contributed by atoms with Crippen LogP contribution in [-0.2, 0) is 4.79 Å². The zero-order valence-electron chi connectivity index (χ0n) is 8.64. The molecule has 1 amide bonds. The Morgan fingerprint density at radius 3 is 2.67 bits per heavy atom. The topological polar surface area (TPSA) is 20.3 Å². The monoisotopic (exact) mass is 219 g/mol. The Morgan fingerprint density at radius 1 is 1.27 bits per heavy atom. The summed E-state index contributed by atoms with van der Waals surface area (Å²) in [5, 5.41) is 0. The lowest BCUT2D eigenvalue weighted by Crippen LogP contribution is -2.29. The van der Waals surface area contributed by atoms with E-state index in [1.165, 1.54) is 4.90 Å². The molecule has 2 nitrogen and oxygen atoms in total. The first-order chi connectivity index (χ1) is 7.25. The van der Waals surface area contributed by atoms with Gasteiger partial charge in [-0.1, -0.05) is 30.0 Å². The number of benzene rings is 1. The maximum absolute atomic E-state index is 11.4. The van der Waals surface area contributed by atoms with Gasteiger partial charge < -0.3 is 4.90 Å². The van der Waals surface area contributed by atoms with E-state index in [1.807, 2.05) is 25.2 Å². The molecule has 3 heteroatoms. The Balaban J connectivity index is 2.08. The maximum atomic E-state index is 11.4. The highest BCUT2D eigenvalue weighted by Crippen LogP contribution is 2.30. The Bertz CT molecular complexity index is 386. The summed E-state index contributed by atoms with van der Waals surface area (Å²) in [6.07, 6.45) is 2.70. The SMILES string of the molecule is CN1CCC(Sc2ccccc2)=CC1=O. The van der Waals surface area contributed by atoms with E-state index in [-0.39, 0.29) is 5.91 Å². The van der Waals surface area contributed by atoms with E-state index in [4.69, 9.17) is 0 Å². The molecule has 0 unspecified atom stereocenters. The molecule has 2 rings (SSSR count). The summed E-state index contributed by atoms with van der Waals surface area (Å²) >= 11 is 1.68. The van der Waals surface area contributed by atoms with E-state index < -0.39 is 0 Å². The van der Waals surface area contributed by atoms with Gasteiger partial charge in [0, 0.05) is 24.6 Å². The second kappa shape index (κ2) is 4.53. The van der Waals surface area contributed by atoms with Crippen LogP contribution in [0.4, 0.5) is 0 Å². The van der Waals surface area contributed by atoms with E-state index >= 15 is 0 Å². The summed E-state index contributed by atoms with van der Waals surface area (Å²) in [4.78, 5) is 15.5. The van der Waals surface area contributed by atoms with Gasteiger partial charge in [-0.25, -0.2) is 0 Å². The number of rotatable bonds is 2. The van der Waals surface area contributed by atoms with Crippen LogP contribution in [-0.4, -0.2) is 24.4 Å². The van der Waals surface area contributed by atoms with E-state index in [0.717, 1.165) is 17.9 Å². The maximum Gasteiger partial charge on any atom is 0.247 e. The van der Waals surface area contributed by atoms with Crippen LogP contribution < -0.4 is 0 Å². The van der Waals surface area contributed by atoms with Gasteiger partial charge in [0.25, 0.3) is 0 Å². The van der Waals surface area contributed by atoms with Gasteiger partial charge in [-0.15, -0.1) is 0 Å². The fourth-order valence-electron chi connectivity index (χ4n) is 1.43. The third-order valence-corrected chi connectivity index (χ3v) is 3.44. The average Bonchev–Trinajstić information content (AvgIpc) is 2.25. The van der Waals surface area contributed by atoms with Gasteiger partial charge >= 0.3 is 0 Å². The summed E-state index contributed by atoms with van der Waals surface area (Å²) in [6, 6.07) is 10.2. The first kappa shape index (κ1) is 10.3. The number of carbonyl (C=O) groups excluding carboxylic acids is 1. The fraction of sp³-hybridized carbons (Fsp3) is 0.250. The molecule has 1 aliphatic heterocycles. The third kappa shape index (κ3) is 2.63. The minimum atomic E-state index is 0.111. The minimum Gasteiger partial charge on any atom is -0.342 e. The van der Waals surface area contributed by atoms with Crippen LogP contribution in [0, 0.1) is 0 Å². The van der Waals surface area contributed by atoms with Crippen molar-refractivity contribution in [3.05, 3.63) is 41.3 Å². The van der Waals surface area contributed by atoms with Crippen LogP contribution >= 0.6 is 11.8 Å². The molecule has 1 aromatic rings. The molecule has 0 atom stereocenters. The van der Waals surface area contributed by atoms with Gasteiger partial charge in [-0.2, -0.15) is 0 Å². The van der Waals surface area contributed by atoms with Crippen LogP contribution in [0.5, 0.6) is 0 Å². The molecule has 0 N–H and O–H groups in total. The number of likely N-dealkylation sites (N-methyl/N-ethyl adjacent to an activating group) is 1. The summed E-state index contributed by atoms with van der Waals surface area (Å²) in [5.41, 5.74) is 0. The van der Waals surface area contributed by atoms with Crippen molar-refractivity contribution in [1.29, 1.82) is 0 Å². The number of hydrogen-bond donors (Lipinski definition) is 0. The Hall–Kier alpha value is -1.22. The molecule has 0 fully saturated rings. The van der Waals surface area contributed by atoms with E-state index in [1.54, 1.807) is 22.7 Å². The predicted molar refractivity (Wildman–Crippen MR) is 62.6 cm³/mol. The quantitative estimate of drug-likeness (QED) is 0.761. The van der Waals surface area contributed by atoms with Crippen molar-refractivity contribution in [3.8, 4) is 0 Å². The lowest BCUT2D eigenvalue weighted by Gasteiger charge is -2.21. The molecule has 78 valence electrons. The van der Waals surface area contributed by atoms with Crippen molar-refractivity contribution in [2.45, 2.75) is 11.3 Å². The van der Waals surface area contributed by atoms with Crippen molar-refractivity contribution < 1.29 is 4.79 Å². The van der Waals surface area contributed by atoms with Crippen molar-refractivity contribution in [2.75, 3.05) is 13.6 Å². The van der Waals surface area contributed by atoms with Crippen molar-refractivity contribution in [2.24, 2.45) is 0 Å². The molecule has 15 heavy (non-hydrogen) atoms. The Morgan fingerprint density at radius 2 is 2.00 bits per heavy atom. The highest BCUT2D eigenvalue weighted by atomic mass is 32.2. The normalized spacial score (nSPS) is 16.5. The fourth-order valence-corrected chi connectivity index (χ4v) is 2.38. The standard InChI is InChI=1S/C12H13NOS/c1-13-8-7-11(9-12(13)14)15-10-5-3-2-4-6-10/h2-6,9H,7-8H2,1H3. The van der Waals surface area contributed by atoms with Crippen LogP contribution in [0.15, 0.2) is 46.2 Å². The van der Waals surface area contributed by atoms with Crippen LogP contribution in [0.2, 0.25) is 0 Å². The van der Waals surface area contributed by atoms with E-state index in [9.17, 15) is 4.79 Å². The van der Waals surface area contributed by atoms with Crippen LogP contribution in [0.1, 0.15) is 6.42 Å². The molecule has 0 saturated carbocycles. The van der Waals surface area contributed by atoms with Crippen molar-refractivity contribution in [1.82, 2.24) is 4.90 Å². The number of nitrogens with zero attached hydrogens (tertiary/aromatic N) is 1. The van der Waals surface area contributed by atoms with Crippen molar-refractivity contribution >= 4 is 17.7 Å². The summed E-state index contributed by atoms with van der Waals surface area (Å²) in [7, 11) is 1.84. The number of carbonyl (C=O) groups is 1. The zero-order chi connectivity index (χ0) is 10.7. The predicted octanol–water partition coefficient (Wildman–Crippen LogP) is 2.52. The largest absolute Gasteiger partial charge is 0.342 e. The molecular formula is C12H13NOS. The smallest absolute Gasteiger partial charge is 0.247 e. The highest BCUT2D eigenvalue weighted by Gasteiger charge is 2.14. The summed E-state index contributed by atoms with van der Waals surface area (Å²) in [5.74, 6) is 0.111. The number of thioether (sulfide) groups is 1. The van der Waals surface area contributed by atoms with Gasteiger partial charge in [0.1, 0.15) is 0 Å². The van der Waals surface area contributed by atoms with Gasteiger partial charge in [0.05, 0.1) is 0 Å². The molecule has 0 aliphatic carbocycles. The average molecular weight is 219 g/mol.